The fourth-order valence-electron chi connectivity index (χ4n) is 5.76. The summed E-state index contributed by atoms with van der Waals surface area (Å²) in [6, 6.07) is 10.6. The van der Waals surface area contributed by atoms with E-state index < -0.39 is 35.3 Å². The van der Waals surface area contributed by atoms with Crippen LogP contribution in [0.5, 0.6) is 0 Å². The zero-order valence-corrected chi connectivity index (χ0v) is 23.5. The summed E-state index contributed by atoms with van der Waals surface area (Å²) in [4.78, 5) is 32.4. The van der Waals surface area contributed by atoms with Gasteiger partial charge < -0.3 is 20.4 Å². The van der Waals surface area contributed by atoms with Crippen LogP contribution in [0.25, 0.3) is 11.1 Å². The molecule has 2 heterocycles. The lowest BCUT2D eigenvalue weighted by atomic mass is 9.95. The molecule has 2 N–H and O–H groups in total. The average Bonchev–Trinajstić information content (AvgIpc) is 2.97. The van der Waals surface area contributed by atoms with Crippen LogP contribution in [0.4, 0.5) is 28.9 Å². The van der Waals surface area contributed by atoms with Crippen LogP contribution in [0, 0.1) is 11.7 Å². The molecule has 1 atom stereocenters. The predicted molar refractivity (Wildman–Crippen MR) is 155 cm³/mol. The van der Waals surface area contributed by atoms with Gasteiger partial charge in [0.15, 0.2) is 0 Å². The van der Waals surface area contributed by atoms with Crippen molar-refractivity contribution >= 4 is 29.4 Å². The normalized spacial score (nSPS) is 20.5. The Morgan fingerprint density at radius 2 is 1.76 bits per heavy atom. The summed E-state index contributed by atoms with van der Waals surface area (Å²) in [6.45, 7) is 3.37. The zero-order chi connectivity index (χ0) is 29.9. The second kappa shape index (κ2) is 12.7. The summed E-state index contributed by atoms with van der Waals surface area (Å²) in [6.07, 6.45) is 2.09. The number of carbonyl (C=O) groups excluding carboxylic acids is 2. The van der Waals surface area contributed by atoms with Crippen molar-refractivity contribution in [1.82, 2.24) is 10.2 Å². The van der Waals surface area contributed by atoms with Gasteiger partial charge in [0, 0.05) is 56.6 Å². The molecule has 3 aliphatic rings. The minimum absolute atomic E-state index is 0.260. The molecule has 2 aliphatic heterocycles. The van der Waals surface area contributed by atoms with Crippen LogP contribution in [-0.4, -0.2) is 68.4 Å². The summed E-state index contributed by atoms with van der Waals surface area (Å²) < 4.78 is 56.4. The van der Waals surface area contributed by atoms with Gasteiger partial charge in [-0.3, -0.25) is 9.59 Å². The third kappa shape index (κ3) is 7.07. The van der Waals surface area contributed by atoms with Crippen molar-refractivity contribution in [1.29, 1.82) is 0 Å². The molecule has 2 fully saturated rings. The number of rotatable bonds is 7. The van der Waals surface area contributed by atoms with Crippen molar-refractivity contribution in [3.8, 4) is 11.1 Å². The van der Waals surface area contributed by atoms with E-state index in [1.807, 2.05) is 18.0 Å². The van der Waals surface area contributed by atoms with E-state index in [1.54, 1.807) is 24.3 Å². The molecular weight excluding hydrogens is 550 g/mol. The molecule has 11 heteroatoms. The van der Waals surface area contributed by atoms with Crippen molar-refractivity contribution < 1.29 is 27.2 Å². The number of benzene rings is 2. The maximum atomic E-state index is 15.4. The van der Waals surface area contributed by atoms with Gasteiger partial charge in [-0.05, 0) is 49.2 Å². The summed E-state index contributed by atoms with van der Waals surface area (Å²) in [5.74, 6) is -4.27. The van der Waals surface area contributed by atoms with Crippen molar-refractivity contribution in [2.45, 2.75) is 50.9 Å². The Morgan fingerprint density at radius 1 is 1.02 bits per heavy atom. The number of likely N-dealkylation sites (N-methyl/N-ethyl adjacent to an activating group) is 1. The molecule has 1 saturated carbocycles. The molecule has 0 aromatic heterocycles. The molecule has 5 rings (SSSR count). The van der Waals surface area contributed by atoms with E-state index >= 15 is 4.39 Å². The number of aliphatic imine (C=N–C) groups is 1. The first-order valence-electron chi connectivity index (χ1n) is 14.4. The SMILES string of the molecule is CN1CCN(c2ccc(-c3ccc(CNC4CCCCC4)cc3F)cc2NC(=O)C2C=NC(=O)C=C2C(F)(F)F)CC1. The molecule has 0 radical (unpaired) electrons. The van der Waals surface area contributed by atoms with E-state index in [0.29, 0.717) is 48.6 Å². The molecule has 42 heavy (non-hydrogen) atoms. The Bertz CT molecular complexity index is 1380. The smallest absolute Gasteiger partial charge is 0.367 e. The summed E-state index contributed by atoms with van der Waals surface area (Å²) in [7, 11) is 1.99. The highest BCUT2D eigenvalue weighted by Crippen LogP contribution is 2.36. The van der Waals surface area contributed by atoms with Gasteiger partial charge in [-0.25, -0.2) is 9.38 Å². The zero-order valence-electron chi connectivity index (χ0n) is 23.5. The highest BCUT2D eigenvalue weighted by Gasteiger charge is 2.43. The van der Waals surface area contributed by atoms with E-state index in [1.165, 1.54) is 25.3 Å². The lowest BCUT2D eigenvalue weighted by Gasteiger charge is -2.35. The van der Waals surface area contributed by atoms with Gasteiger partial charge >= 0.3 is 6.18 Å². The maximum Gasteiger partial charge on any atom is 0.414 e. The van der Waals surface area contributed by atoms with E-state index in [4.69, 9.17) is 0 Å². The van der Waals surface area contributed by atoms with Gasteiger partial charge in [0.2, 0.25) is 5.91 Å². The number of piperazine rings is 1. The number of hydrogen-bond donors (Lipinski definition) is 2. The van der Waals surface area contributed by atoms with Crippen molar-refractivity contribution in [3.05, 3.63) is 59.4 Å². The van der Waals surface area contributed by atoms with Crippen LogP contribution in [0.1, 0.15) is 37.7 Å². The Balaban J connectivity index is 1.41. The average molecular weight is 586 g/mol. The van der Waals surface area contributed by atoms with Crippen molar-refractivity contribution in [2.75, 3.05) is 43.4 Å². The Morgan fingerprint density at radius 3 is 2.45 bits per heavy atom. The minimum Gasteiger partial charge on any atom is -0.367 e. The second-order valence-electron chi connectivity index (χ2n) is 11.2. The van der Waals surface area contributed by atoms with Gasteiger partial charge in [-0.1, -0.05) is 37.5 Å². The second-order valence-corrected chi connectivity index (χ2v) is 11.2. The van der Waals surface area contributed by atoms with Crippen LogP contribution in [-0.2, 0) is 16.1 Å². The van der Waals surface area contributed by atoms with Crippen LogP contribution in [0.2, 0.25) is 0 Å². The van der Waals surface area contributed by atoms with Gasteiger partial charge in [0.25, 0.3) is 5.91 Å². The largest absolute Gasteiger partial charge is 0.414 e. The molecule has 0 spiro atoms. The number of halogens is 4. The fraction of sp³-hybridized carbons (Fsp3) is 0.452. The highest BCUT2D eigenvalue weighted by molar-refractivity contribution is 6.11. The molecule has 0 bridgehead atoms. The van der Waals surface area contributed by atoms with E-state index in [9.17, 15) is 22.8 Å². The number of carbonyl (C=O) groups is 2. The topological polar surface area (TPSA) is 77.0 Å². The molecular formula is C31H35F4N5O2. The first kappa shape index (κ1) is 29.9. The van der Waals surface area contributed by atoms with Crippen LogP contribution in [0.3, 0.4) is 0 Å². The molecule has 2 aromatic carbocycles. The fourth-order valence-corrected chi connectivity index (χ4v) is 5.76. The number of hydrogen-bond acceptors (Lipinski definition) is 5. The third-order valence-electron chi connectivity index (χ3n) is 8.22. The third-order valence-corrected chi connectivity index (χ3v) is 8.22. The number of alkyl halides is 3. The van der Waals surface area contributed by atoms with Crippen LogP contribution < -0.4 is 15.5 Å². The lowest BCUT2D eigenvalue weighted by Crippen LogP contribution is -2.44. The van der Waals surface area contributed by atoms with Gasteiger partial charge in [0.1, 0.15) is 11.7 Å². The van der Waals surface area contributed by atoms with Crippen molar-refractivity contribution in [3.63, 3.8) is 0 Å². The first-order valence-corrected chi connectivity index (χ1v) is 14.4. The van der Waals surface area contributed by atoms with E-state index in [2.05, 4.69) is 20.5 Å². The molecule has 1 unspecified atom stereocenters. The van der Waals surface area contributed by atoms with Gasteiger partial charge in [-0.2, -0.15) is 13.2 Å². The van der Waals surface area contributed by atoms with Crippen LogP contribution >= 0.6 is 0 Å². The highest BCUT2D eigenvalue weighted by atomic mass is 19.4. The monoisotopic (exact) mass is 585 g/mol. The quantitative estimate of drug-likeness (QED) is 0.430. The number of anilines is 2. The van der Waals surface area contributed by atoms with Crippen LogP contribution in [0.15, 0.2) is 53.0 Å². The van der Waals surface area contributed by atoms with E-state index in [0.717, 1.165) is 37.7 Å². The predicted octanol–water partition coefficient (Wildman–Crippen LogP) is 5.32. The number of amides is 2. The summed E-state index contributed by atoms with van der Waals surface area (Å²) >= 11 is 0. The number of dihydropyridines is 1. The molecule has 2 amide bonds. The molecule has 224 valence electrons. The van der Waals surface area contributed by atoms with Gasteiger partial charge in [0.05, 0.1) is 16.9 Å². The van der Waals surface area contributed by atoms with E-state index in [-0.39, 0.29) is 5.69 Å². The minimum atomic E-state index is -4.89. The molecule has 1 aliphatic carbocycles. The lowest BCUT2D eigenvalue weighted by molar-refractivity contribution is -0.124. The summed E-state index contributed by atoms with van der Waals surface area (Å²) in [5, 5.41) is 6.14. The number of nitrogens with one attached hydrogen (secondary N) is 2. The number of nitrogens with zero attached hydrogens (tertiary/aromatic N) is 3. The molecule has 7 nitrogen and oxygen atoms in total. The molecule has 2 aromatic rings. The maximum absolute atomic E-state index is 15.4. The molecule has 1 saturated heterocycles. The first-order chi connectivity index (χ1) is 20.1. The summed E-state index contributed by atoms with van der Waals surface area (Å²) in [5.41, 5.74) is 1.22. The van der Waals surface area contributed by atoms with Gasteiger partial charge in [-0.15, -0.1) is 0 Å². The standard InChI is InChI=1S/C31H35F4N5O2/c1-39-11-13-40(14-12-39)28-10-8-21(23-9-7-20(15-26(23)32)18-36-22-5-3-2-4-6-22)16-27(28)38-30(42)24-19-37-29(41)17-25(24)31(33,34)35/h7-10,15-17,19,22,24,36H,2-6,11-14,18H2,1H3,(H,38,42). The Labute approximate surface area is 242 Å². The Hall–Kier alpha value is -3.57. The Kier molecular flexibility index (Phi) is 9.08. The van der Waals surface area contributed by atoms with Crippen molar-refractivity contribution in [2.24, 2.45) is 10.9 Å².